The van der Waals surface area contributed by atoms with E-state index in [4.69, 9.17) is 4.74 Å². The van der Waals surface area contributed by atoms with Crippen LogP contribution in [0.3, 0.4) is 0 Å². The monoisotopic (exact) mass is 341 g/mol. The second-order valence-corrected chi connectivity index (χ2v) is 5.78. The number of guanidine groups is 1. The zero-order valence-electron chi connectivity index (χ0n) is 13.7. The van der Waals surface area contributed by atoms with Crippen molar-refractivity contribution in [2.45, 2.75) is 18.9 Å². The number of amides is 1. The number of hydrogen-bond donors (Lipinski definition) is 2. The quantitative estimate of drug-likeness (QED) is 0.663. The molecule has 1 unspecified atom stereocenters. The van der Waals surface area contributed by atoms with Gasteiger partial charge < -0.3 is 10.1 Å². The number of halogens is 1. The SMILES string of the molecule is O=C(NC(=NCC1CCCO1)Nc1cccc(F)c1)c1ccccc1. The van der Waals surface area contributed by atoms with Gasteiger partial charge in [-0.05, 0) is 43.2 Å². The van der Waals surface area contributed by atoms with E-state index in [-0.39, 0.29) is 23.8 Å². The molecule has 1 atom stereocenters. The molecule has 1 amide bonds. The minimum Gasteiger partial charge on any atom is -0.376 e. The van der Waals surface area contributed by atoms with Gasteiger partial charge in [0.25, 0.3) is 5.91 Å². The van der Waals surface area contributed by atoms with Gasteiger partial charge in [0.15, 0.2) is 0 Å². The fourth-order valence-electron chi connectivity index (χ4n) is 2.56. The Kier molecular flexibility index (Phi) is 5.74. The van der Waals surface area contributed by atoms with Crippen LogP contribution in [0.5, 0.6) is 0 Å². The van der Waals surface area contributed by atoms with E-state index in [1.54, 1.807) is 36.4 Å². The summed E-state index contributed by atoms with van der Waals surface area (Å²) in [6.45, 7) is 1.18. The van der Waals surface area contributed by atoms with Crippen molar-refractivity contribution in [3.05, 3.63) is 66.0 Å². The van der Waals surface area contributed by atoms with Crippen LogP contribution in [0.2, 0.25) is 0 Å². The average molecular weight is 341 g/mol. The molecule has 1 heterocycles. The molecular weight excluding hydrogens is 321 g/mol. The number of nitrogens with one attached hydrogen (secondary N) is 2. The largest absolute Gasteiger partial charge is 0.376 e. The molecule has 2 aromatic carbocycles. The van der Waals surface area contributed by atoms with E-state index in [1.807, 2.05) is 6.07 Å². The van der Waals surface area contributed by atoms with Crippen LogP contribution < -0.4 is 10.6 Å². The lowest BCUT2D eigenvalue weighted by Crippen LogP contribution is -2.36. The number of anilines is 1. The van der Waals surface area contributed by atoms with Crippen LogP contribution in [0.15, 0.2) is 59.6 Å². The first kappa shape index (κ1) is 17.1. The Morgan fingerprint density at radius 1 is 1.20 bits per heavy atom. The van der Waals surface area contributed by atoms with Gasteiger partial charge >= 0.3 is 0 Å². The number of benzene rings is 2. The summed E-state index contributed by atoms with van der Waals surface area (Å²) in [7, 11) is 0. The molecule has 0 aromatic heterocycles. The third-order valence-corrected chi connectivity index (χ3v) is 3.83. The normalized spacial score (nSPS) is 17.3. The first-order valence-electron chi connectivity index (χ1n) is 8.26. The number of nitrogens with zero attached hydrogens (tertiary/aromatic N) is 1. The van der Waals surface area contributed by atoms with Crippen LogP contribution in [0.25, 0.3) is 0 Å². The Morgan fingerprint density at radius 3 is 2.76 bits per heavy atom. The highest BCUT2D eigenvalue weighted by Crippen LogP contribution is 2.13. The number of ether oxygens (including phenoxy) is 1. The maximum atomic E-state index is 13.4. The molecule has 0 saturated carbocycles. The topological polar surface area (TPSA) is 62.7 Å². The molecule has 6 heteroatoms. The Hall–Kier alpha value is -2.73. The van der Waals surface area contributed by atoms with Crippen molar-refractivity contribution in [1.29, 1.82) is 0 Å². The lowest BCUT2D eigenvalue weighted by atomic mass is 10.2. The van der Waals surface area contributed by atoms with Crippen molar-refractivity contribution in [2.75, 3.05) is 18.5 Å². The molecule has 0 radical (unpaired) electrons. The number of hydrogen-bond acceptors (Lipinski definition) is 3. The van der Waals surface area contributed by atoms with E-state index in [1.165, 1.54) is 12.1 Å². The van der Waals surface area contributed by atoms with Gasteiger partial charge in [0.1, 0.15) is 5.82 Å². The molecule has 2 aromatic rings. The number of rotatable bonds is 4. The third-order valence-electron chi connectivity index (χ3n) is 3.83. The fourth-order valence-corrected chi connectivity index (χ4v) is 2.56. The second kappa shape index (κ2) is 8.39. The molecular formula is C19H20FN3O2. The van der Waals surface area contributed by atoms with E-state index < -0.39 is 0 Å². The van der Waals surface area contributed by atoms with Gasteiger partial charge in [-0.3, -0.25) is 10.1 Å². The van der Waals surface area contributed by atoms with Crippen LogP contribution in [-0.4, -0.2) is 31.1 Å². The highest BCUT2D eigenvalue weighted by molar-refractivity contribution is 6.09. The summed E-state index contributed by atoms with van der Waals surface area (Å²) in [6.07, 6.45) is 2.02. The van der Waals surface area contributed by atoms with Crippen LogP contribution in [0, 0.1) is 5.82 Å². The smallest absolute Gasteiger partial charge is 0.257 e. The summed E-state index contributed by atoms with van der Waals surface area (Å²) < 4.78 is 18.9. The Labute approximate surface area is 145 Å². The van der Waals surface area contributed by atoms with Crippen molar-refractivity contribution in [3.8, 4) is 0 Å². The molecule has 5 nitrogen and oxygen atoms in total. The zero-order valence-corrected chi connectivity index (χ0v) is 13.7. The Balaban J connectivity index is 1.73. The van der Waals surface area contributed by atoms with Crippen LogP contribution >= 0.6 is 0 Å². The van der Waals surface area contributed by atoms with Crippen LogP contribution in [-0.2, 0) is 4.74 Å². The molecule has 0 bridgehead atoms. The van der Waals surface area contributed by atoms with Crippen molar-refractivity contribution in [3.63, 3.8) is 0 Å². The van der Waals surface area contributed by atoms with Crippen molar-refractivity contribution < 1.29 is 13.9 Å². The maximum Gasteiger partial charge on any atom is 0.257 e. The molecule has 1 saturated heterocycles. The van der Waals surface area contributed by atoms with Gasteiger partial charge in [0.05, 0.1) is 12.6 Å². The predicted octanol–water partition coefficient (Wildman–Crippen LogP) is 3.20. The molecule has 1 fully saturated rings. The van der Waals surface area contributed by atoms with Crippen molar-refractivity contribution >= 4 is 17.6 Å². The van der Waals surface area contributed by atoms with Gasteiger partial charge in [-0.2, -0.15) is 0 Å². The zero-order chi connectivity index (χ0) is 17.5. The lowest BCUT2D eigenvalue weighted by molar-refractivity contribution is 0.0975. The van der Waals surface area contributed by atoms with Gasteiger partial charge in [-0.1, -0.05) is 24.3 Å². The minimum absolute atomic E-state index is 0.0536. The second-order valence-electron chi connectivity index (χ2n) is 5.78. The molecule has 2 N–H and O–H groups in total. The van der Waals surface area contributed by atoms with E-state index in [0.29, 0.717) is 17.8 Å². The van der Waals surface area contributed by atoms with Gasteiger partial charge in [0.2, 0.25) is 5.96 Å². The van der Waals surface area contributed by atoms with E-state index in [9.17, 15) is 9.18 Å². The summed E-state index contributed by atoms with van der Waals surface area (Å²) in [4.78, 5) is 16.8. The first-order chi connectivity index (χ1) is 12.2. The first-order valence-corrected chi connectivity index (χ1v) is 8.26. The highest BCUT2D eigenvalue weighted by atomic mass is 19.1. The standard InChI is InChI=1S/C19H20FN3O2/c20-15-8-4-9-16(12-15)22-19(21-13-17-10-5-11-25-17)23-18(24)14-6-2-1-3-7-14/h1-4,6-9,12,17H,5,10-11,13H2,(H2,21,22,23,24). The van der Waals surface area contributed by atoms with E-state index in [2.05, 4.69) is 15.6 Å². The number of aliphatic imine (C=N–C) groups is 1. The molecule has 1 aliphatic heterocycles. The van der Waals surface area contributed by atoms with Gasteiger partial charge in [-0.25, -0.2) is 9.38 Å². The summed E-state index contributed by atoms with van der Waals surface area (Å²) >= 11 is 0. The summed E-state index contributed by atoms with van der Waals surface area (Å²) in [5, 5.41) is 5.71. The Bertz CT molecular complexity index is 743. The average Bonchev–Trinajstić information content (AvgIpc) is 3.14. The summed E-state index contributed by atoms with van der Waals surface area (Å²) in [5.74, 6) is -0.372. The predicted molar refractivity (Wildman–Crippen MR) is 95.2 cm³/mol. The molecule has 1 aliphatic rings. The molecule has 3 rings (SSSR count). The van der Waals surface area contributed by atoms with Crippen molar-refractivity contribution in [2.24, 2.45) is 4.99 Å². The Morgan fingerprint density at radius 2 is 2.04 bits per heavy atom. The number of carbonyl (C=O) groups excluding carboxylic acids is 1. The van der Waals surface area contributed by atoms with Crippen LogP contribution in [0.1, 0.15) is 23.2 Å². The van der Waals surface area contributed by atoms with Crippen LogP contribution in [0.4, 0.5) is 10.1 Å². The summed E-state index contributed by atoms with van der Waals surface area (Å²) in [5.41, 5.74) is 1.04. The highest BCUT2D eigenvalue weighted by Gasteiger charge is 2.16. The molecule has 0 aliphatic carbocycles. The maximum absolute atomic E-state index is 13.4. The molecule has 25 heavy (non-hydrogen) atoms. The molecule has 0 spiro atoms. The fraction of sp³-hybridized carbons (Fsp3) is 0.263. The third kappa shape index (κ3) is 5.12. The van der Waals surface area contributed by atoms with E-state index in [0.717, 1.165) is 19.4 Å². The van der Waals surface area contributed by atoms with Gasteiger partial charge in [0, 0.05) is 17.9 Å². The molecule has 130 valence electrons. The summed E-state index contributed by atoms with van der Waals surface area (Å²) in [6, 6.07) is 14.9. The number of carbonyl (C=O) groups is 1. The van der Waals surface area contributed by atoms with E-state index >= 15 is 0 Å². The minimum atomic E-state index is -0.363. The lowest BCUT2D eigenvalue weighted by Gasteiger charge is -2.13. The van der Waals surface area contributed by atoms with Crippen molar-refractivity contribution in [1.82, 2.24) is 5.32 Å². The van der Waals surface area contributed by atoms with Gasteiger partial charge in [-0.15, -0.1) is 0 Å².